The van der Waals surface area contributed by atoms with Gasteiger partial charge in [0.05, 0.1) is 16.0 Å². The van der Waals surface area contributed by atoms with Crippen molar-refractivity contribution >= 4 is 54.8 Å². The number of carbonyl (C=O) groups excluding carboxylic acids is 2. The third-order valence-corrected chi connectivity index (χ3v) is 8.28. The number of rotatable bonds is 6. The van der Waals surface area contributed by atoms with Crippen molar-refractivity contribution in [2.45, 2.75) is 30.3 Å². The molecular formula is C21H19BrFN3O5S2. The molecule has 1 aromatic heterocycles. The third-order valence-electron chi connectivity index (χ3n) is 5.63. The van der Waals surface area contributed by atoms with Crippen molar-refractivity contribution in [1.82, 2.24) is 14.9 Å². The quantitative estimate of drug-likeness (QED) is 0.390. The number of nitrogens with zero attached hydrogens (tertiary/aromatic N) is 3. The Hall–Kier alpha value is -2.31. The first-order valence-electron chi connectivity index (χ1n) is 9.78. The molecule has 1 saturated carbocycles. The van der Waals surface area contributed by atoms with Gasteiger partial charge in [-0.05, 0) is 70.7 Å². The van der Waals surface area contributed by atoms with Gasteiger partial charge in [-0.25, -0.2) is 22.8 Å². The minimum absolute atomic E-state index is 0.168. The van der Waals surface area contributed by atoms with Crippen LogP contribution in [0.5, 0.6) is 5.75 Å². The van der Waals surface area contributed by atoms with Crippen molar-refractivity contribution in [3.05, 3.63) is 50.3 Å². The third kappa shape index (κ3) is 4.56. The van der Waals surface area contributed by atoms with Crippen LogP contribution in [-0.4, -0.2) is 54.3 Å². The molecule has 12 heteroatoms. The van der Waals surface area contributed by atoms with Gasteiger partial charge in [-0.2, -0.15) is 0 Å². The number of benzene rings is 1. The Balaban J connectivity index is 1.59. The van der Waals surface area contributed by atoms with E-state index in [-0.39, 0.29) is 26.6 Å². The summed E-state index contributed by atoms with van der Waals surface area (Å²) in [6, 6.07) is 1.62. The minimum atomic E-state index is -3.49. The molecule has 2 aromatic rings. The number of halogens is 2. The van der Waals surface area contributed by atoms with Gasteiger partial charge >= 0.3 is 0 Å². The summed E-state index contributed by atoms with van der Waals surface area (Å²) >= 11 is 4.01. The average Bonchev–Trinajstić information content (AvgIpc) is 3.53. The second kappa shape index (κ2) is 8.48. The molecule has 0 unspecified atom stereocenters. The molecule has 0 spiro atoms. The van der Waals surface area contributed by atoms with E-state index < -0.39 is 26.8 Å². The SMILES string of the molecule is Cc1c(OCC2(c3cnc(S(C)(=O)=O)nc3)CC2)cc(/C=C2\SC(=O)N(C)C2=O)c(Br)c1F. The molecule has 1 aliphatic heterocycles. The number of carbonyl (C=O) groups is 2. The van der Waals surface area contributed by atoms with Crippen molar-refractivity contribution in [3.8, 4) is 5.75 Å². The van der Waals surface area contributed by atoms with Crippen LogP contribution in [0, 0.1) is 12.7 Å². The van der Waals surface area contributed by atoms with Gasteiger partial charge in [-0.3, -0.25) is 14.5 Å². The number of ether oxygens (including phenoxy) is 1. The van der Waals surface area contributed by atoms with E-state index in [4.69, 9.17) is 4.74 Å². The first-order valence-corrected chi connectivity index (χ1v) is 13.3. The molecule has 33 heavy (non-hydrogen) atoms. The van der Waals surface area contributed by atoms with Crippen molar-refractivity contribution in [2.24, 2.45) is 0 Å². The predicted molar refractivity (Wildman–Crippen MR) is 124 cm³/mol. The van der Waals surface area contributed by atoms with E-state index in [0.29, 0.717) is 16.9 Å². The molecule has 4 rings (SSSR count). The van der Waals surface area contributed by atoms with Crippen molar-refractivity contribution < 1.29 is 27.1 Å². The van der Waals surface area contributed by atoms with Crippen molar-refractivity contribution in [2.75, 3.05) is 19.9 Å². The highest BCUT2D eigenvalue weighted by Crippen LogP contribution is 2.48. The van der Waals surface area contributed by atoms with Crippen LogP contribution in [0.1, 0.15) is 29.5 Å². The summed E-state index contributed by atoms with van der Waals surface area (Å²) in [6.07, 6.45) is 7.06. The van der Waals surface area contributed by atoms with Gasteiger partial charge in [0.25, 0.3) is 11.1 Å². The molecule has 2 heterocycles. The van der Waals surface area contributed by atoms with Gasteiger partial charge in [-0.1, -0.05) is 0 Å². The largest absolute Gasteiger partial charge is 0.492 e. The lowest BCUT2D eigenvalue weighted by Gasteiger charge is -2.19. The molecule has 0 bridgehead atoms. The zero-order chi connectivity index (χ0) is 24.1. The van der Waals surface area contributed by atoms with E-state index in [1.165, 1.54) is 25.5 Å². The lowest BCUT2D eigenvalue weighted by atomic mass is 10.0. The molecular weight excluding hydrogens is 537 g/mol. The van der Waals surface area contributed by atoms with Crippen LogP contribution in [0.25, 0.3) is 6.08 Å². The molecule has 1 aliphatic carbocycles. The Kier molecular flexibility index (Phi) is 6.12. The Labute approximate surface area is 202 Å². The standard InChI is InChI=1S/C21H19BrFN3O5S2/c1-11-14(6-12(16(22)17(11)23)7-15-18(27)26(2)20(28)32-15)31-10-21(4-5-21)13-8-24-19(25-9-13)33(3,29)30/h6-9H,4-5,10H2,1-3H3/b15-7-. The fraction of sp³-hybridized carbons (Fsp3) is 0.333. The smallest absolute Gasteiger partial charge is 0.293 e. The number of hydrogen-bond acceptors (Lipinski definition) is 8. The van der Waals surface area contributed by atoms with E-state index in [0.717, 1.165) is 41.3 Å². The van der Waals surface area contributed by atoms with Crippen LogP contribution in [0.2, 0.25) is 0 Å². The van der Waals surface area contributed by atoms with Gasteiger partial charge in [0, 0.05) is 36.7 Å². The normalized spacial score (nSPS) is 18.8. The van der Waals surface area contributed by atoms with E-state index in [1.54, 1.807) is 13.0 Å². The van der Waals surface area contributed by atoms with E-state index in [9.17, 15) is 22.4 Å². The lowest BCUT2D eigenvalue weighted by Crippen LogP contribution is -2.22. The summed E-state index contributed by atoms with van der Waals surface area (Å²) in [5.74, 6) is -0.674. The zero-order valence-electron chi connectivity index (χ0n) is 17.9. The number of hydrogen-bond donors (Lipinski definition) is 0. The van der Waals surface area contributed by atoms with Crippen LogP contribution in [-0.2, 0) is 20.0 Å². The fourth-order valence-corrected chi connectivity index (χ4v) is 5.15. The highest BCUT2D eigenvalue weighted by atomic mass is 79.9. The van der Waals surface area contributed by atoms with Gasteiger partial charge in [0.1, 0.15) is 11.6 Å². The summed E-state index contributed by atoms with van der Waals surface area (Å²) in [6.45, 7) is 1.81. The molecule has 2 fully saturated rings. The Morgan fingerprint density at radius 1 is 1.30 bits per heavy atom. The highest BCUT2D eigenvalue weighted by Gasteiger charge is 2.46. The molecule has 174 valence electrons. The maximum absolute atomic E-state index is 14.9. The monoisotopic (exact) mass is 555 g/mol. The van der Waals surface area contributed by atoms with E-state index >= 15 is 0 Å². The van der Waals surface area contributed by atoms with Crippen LogP contribution in [0.15, 0.2) is 33.0 Å². The lowest BCUT2D eigenvalue weighted by molar-refractivity contribution is -0.121. The summed E-state index contributed by atoms with van der Waals surface area (Å²) < 4.78 is 44.2. The maximum Gasteiger partial charge on any atom is 0.293 e. The number of amides is 2. The Morgan fingerprint density at radius 2 is 1.94 bits per heavy atom. The molecule has 0 radical (unpaired) electrons. The number of thioether (sulfide) groups is 1. The molecule has 1 saturated heterocycles. The first kappa shape index (κ1) is 23.8. The van der Waals surface area contributed by atoms with E-state index in [1.807, 2.05) is 0 Å². The summed E-state index contributed by atoms with van der Waals surface area (Å²) in [5, 5.41) is -0.638. The van der Waals surface area contributed by atoms with Gasteiger partial charge in [-0.15, -0.1) is 0 Å². The molecule has 2 amide bonds. The van der Waals surface area contributed by atoms with E-state index in [2.05, 4.69) is 25.9 Å². The second-order valence-corrected chi connectivity index (χ2v) is 11.7. The number of imide groups is 1. The minimum Gasteiger partial charge on any atom is -0.492 e. The van der Waals surface area contributed by atoms with Crippen LogP contribution in [0.3, 0.4) is 0 Å². The maximum atomic E-state index is 14.9. The predicted octanol–water partition coefficient (Wildman–Crippen LogP) is 3.87. The summed E-state index contributed by atoms with van der Waals surface area (Å²) in [5.41, 5.74) is 1.04. The zero-order valence-corrected chi connectivity index (χ0v) is 21.1. The van der Waals surface area contributed by atoms with Crippen LogP contribution in [0.4, 0.5) is 9.18 Å². The van der Waals surface area contributed by atoms with Gasteiger partial charge < -0.3 is 4.74 Å². The van der Waals surface area contributed by atoms with Crippen LogP contribution < -0.4 is 4.74 Å². The Bertz CT molecular complexity index is 1310. The van der Waals surface area contributed by atoms with Crippen molar-refractivity contribution in [3.63, 3.8) is 0 Å². The van der Waals surface area contributed by atoms with Crippen LogP contribution >= 0.6 is 27.7 Å². The topological polar surface area (TPSA) is 107 Å². The van der Waals surface area contributed by atoms with Crippen molar-refractivity contribution in [1.29, 1.82) is 0 Å². The first-order chi connectivity index (χ1) is 15.4. The fourth-order valence-electron chi connectivity index (χ4n) is 3.32. The highest BCUT2D eigenvalue weighted by molar-refractivity contribution is 9.10. The Morgan fingerprint density at radius 3 is 2.45 bits per heavy atom. The molecule has 8 nitrogen and oxygen atoms in total. The summed E-state index contributed by atoms with van der Waals surface area (Å²) in [7, 11) is -2.11. The molecule has 2 aliphatic rings. The number of likely N-dealkylation sites (N-methyl/N-ethyl adjacent to an activating group) is 1. The number of aromatic nitrogens is 2. The number of sulfone groups is 1. The second-order valence-electron chi connectivity index (χ2n) is 8.05. The summed E-state index contributed by atoms with van der Waals surface area (Å²) in [4.78, 5) is 33.1. The molecule has 0 N–H and O–H groups in total. The molecule has 0 atom stereocenters. The van der Waals surface area contributed by atoms with Gasteiger partial charge in [0.15, 0.2) is 0 Å². The molecule has 1 aromatic carbocycles. The average molecular weight is 556 g/mol. The van der Waals surface area contributed by atoms with Gasteiger partial charge in [0.2, 0.25) is 15.0 Å².